The van der Waals surface area contributed by atoms with Crippen molar-refractivity contribution in [1.82, 2.24) is 9.96 Å². The summed E-state index contributed by atoms with van der Waals surface area (Å²) in [6.07, 6.45) is 4.07. The third kappa shape index (κ3) is 4.28. The van der Waals surface area contributed by atoms with Crippen molar-refractivity contribution in [3.8, 4) is 5.75 Å². The highest BCUT2D eigenvalue weighted by atomic mass is 16.7. The molecule has 3 fully saturated rings. The largest absolute Gasteiger partial charge is 0.497 e. The van der Waals surface area contributed by atoms with E-state index in [1.54, 1.807) is 12.2 Å². The van der Waals surface area contributed by atoms with Gasteiger partial charge in [0.1, 0.15) is 5.75 Å². The summed E-state index contributed by atoms with van der Waals surface area (Å²) in [5, 5.41) is 1.62. The van der Waals surface area contributed by atoms with Gasteiger partial charge in [-0.2, -0.15) is 0 Å². The molecule has 0 bridgehead atoms. The van der Waals surface area contributed by atoms with E-state index < -0.39 is 0 Å². The summed E-state index contributed by atoms with van der Waals surface area (Å²) in [6.45, 7) is 4.88. The van der Waals surface area contributed by atoms with E-state index in [4.69, 9.17) is 14.3 Å². The average molecular weight is 374 g/mol. The number of carbonyl (C=O) groups is 1. The van der Waals surface area contributed by atoms with Crippen LogP contribution in [0.15, 0.2) is 24.3 Å². The Morgan fingerprint density at radius 2 is 2.00 bits per heavy atom. The van der Waals surface area contributed by atoms with Crippen molar-refractivity contribution in [2.45, 2.75) is 38.3 Å². The molecule has 1 aromatic carbocycles. The summed E-state index contributed by atoms with van der Waals surface area (Å²) in [7, 11) is 1.69. The van der Waals surface area contributed by atoms with E-state index in [0.29, 0.717) is 13.2 Å². The van der Waals surface area contributed by atoms with Crippen LogP contribution >= 0.6 is 0 Å². The summed E-state index contributed by atoms with van der Waals surface area (Å²) >= 11 is 0. The highest BCUT2D eigenvalue weighted by molar-refractivity contribution is 5.78. The molecule has 0 radical (unpaired) electrons. The molecule has 148 valence electrons. The highest BCUT2D eigenvalue weighted by Crippen LogP contribution is 2.35. The van der Waals surface area contributed by atoms with Gasteiger partial charge in [-0.05, 0) is 43.4 Å². The van der Waals surface area contributed by atoms with Crippen LogP contribution in [0.2, 0.25) is 0 Å². The van der Waals surface area contributed by atoms with Gasteiger partial charge in [0, 0.05) is 44.6 Å². The summed E-state index contributed by atoms with van der Waals surface area (Å²) in [5.74, 6) is 1.31. The Morgan fingerprint density at radius 3 is 2.74 bits per heavy atom. The summed E-state index contributed by atoms with van der Waals surface area (Å²) in [4.78, 5) is 21.1. The predicted octanol–water partition coefficient (Wildman–Crippen LogP) is 2.48. The molecule has 0 aromatic heterocycles. The average Bonchev–Trinajstić information content (AvgIpc) is 2.74. The molecule has 3 aliphatic heterocycles. The molecule has 6 heteroatoms. The number of amides is 1. The number of methoxy groups -OCH3 is 1. The van der Waals surface area contributed by atoms with E-state index in [2.05, 4.69) is 17.0 Å². The van der Waals surface area contributed by atoms with Gasteiger partial charge in [-0.1, -0.05) is 12.1 Å². The number of likely N-dealkylation sites (tertiary alicyclic amines) is 1. The van der Waals surface area contributed by atoms with Gasteiger partial charge in [-0.25, -0.2) is 5.06 Å². The van der Waals surface area contributed by atoms with Gasteiger partial charge in [0.05, 0.1) is 19.8 Å². The van der Waals surface area contributed by atoms with Crippen LogP contribution in [0.1, 0.15) is 31.2 Å². The van der Waals surface area contributed by atoms with Crippen molar-refractivity contribution < 1.29 is 19.1 Å². The molecule has 0 aliphatic carbocycles. The lowest BCUT2D eigenvalue weighted by Crippen LogP contribution is -2.54. The van der Waals surface area contributed by atoms with Crippen LogP contribution in [0.5, 0.6) is 5.75 Å². The summed E-state index contributed by atoms with van der Waals surface area (Å²) in [5.41, 5.74) is 1.27. The quantitative estimate of drug-likeness (QED) is 0.810. The van der Waals surface area contributed by atoms with Crippen molar-refractivity contribution in [2.75, 3.05) is 40.0 Å². The number of carbonyl (C=O) groups excluding carboxylic acids is 1. The lowest BCUT2D eigenvalue weighted by molar-refractivity contribution is -0.209. The minimum Gasteiger partial charge on any atom is -0.497 e. The molecule has 6 nitrogen and oxygen atoms in total. The zero-order valence-electron chi connectivity index (χ0n) is 16.1. The number of hydrogen-bond acceptors (Lipinski definition) is 5. The lowest BCUT2D eigenvalue weighted by Gasteiger charge is -2.45. The maximum absolute atomic E-state index is 13.1. The number of piperidine rings is 1. The highest BCUT2D eigenvalue weighted by Gasteiger charge is 2.43. The predicted molar refractivity (Wildman–Crippen MR) is 101 cm³/mol. The van der Waals surface area contributed by atoms with Gasteiger partial charge in [0.15, 0.2) is 0 Å². The molecule has 3 heterocycles. The van der Waals surface area contributed by atoms with Crippen LogP contribution < -0.4 is 4.74 Å². The Hall–Kier alpha value is -1.63. The van der Waals surface area contributed by atoms with Gasteiger partial charge in [0.25, 0.3) is 0 Å². The first-order valence-corrected chi connectivity index (χ1v) is 10.2. The van der Waals surface area contributed by atoms with Crippen LogP contribution in [-0.2, 0) is 20.9 Å². The molecular weight excluding hydrogens is 344 g/mol. The Balaban J connectivity index is 1.41. The number of ether oxygens (including phenoxy) is 2. The van der Waals surface area contributed by atoms with Crippen LogP contribution in [0.25, 0.3) is 0 Å². The molecule has 0 spiro atoms. The monoisotopic (exact) mass is 374 g/mol. The normalized spacial score (nSPS) is 29.2. The number of hydroxylamine groups is 2. The third-order valence-electron chi connectivity index (χ3n) is 6.08. The van der Waals surface area contributed by atoms with Gasteiger partial charge in [-0.3, -0.25) is 14.5 Å². The smallest absolute Gasteiger partial charge is 0.249 e. The van der Waals surface area contributed by atoms with E-state index >= 15 is 0 Å². The summed E-state index contributed by atoms with van der Waals surface area (Å²) < 4.78 is 11.3. The van der Waals surface area contributed by atoms with Gasteiger partial charge in [-0.15, -0.1) is 0 Å². The van der Waals surface area contributed by atoms with E-state index in [1.807, 2.05) is 12.1 Å². The van der Waals surface area contributed by atoms with E-state index in [-0.39, 0.29) is 23.8 Å². The zero-order chi connectivity index (χ0) is 18.6. The standard InChI is InChI=1S/C21H30N2O4/c1-25-17-6-4-16(5-7-17)14-22-11-8-20-19(15-22)18(9-13-26-20)21(24)23-10-2-3-12-27-23/h4-7,18-20H,2-3,8-15H2,1H3/t18-,19+,20-/m1/s1. The SMILES string of the molecule is COc1ccc(CN2CC[C@H]3OCC[C@@H](C(=O)N4CCCCO4)[C@@H]3C2)cc1. The van der Waals surface area contributed by atoms with Crippen molar-refractivity contribution >= 4 is 5.91 Å². The molecule has 1 aromatic rings. The molecule has 4 rings (SSSR count). The van der Waals surface area contributed by atoms with Crippen molar-refractivity contribution in [3.63, 3.8) is 0 Å². The second kappa shape index (κ2) is 8.59. The number of rotatable bonds is 4. The Bertz CT molecular complexity index is 630. The maximum atomic E-state index is 13.1. The first-order valence-electron chi connectivity index (χ1n) is 10.2. The second-order valence-electron chi connectivity index (χ2n) is 7.82. The molecule has 0 unspecified atom stereocenters. The van der Waals surface area contributed by atoms with Gasteiger partial charge < -0.3 is 9.47 Å². The number of fused-ring (bicyclic) bond motifs is 1. The van der Waals surface area contributed by atoms with Gasteiger partial charge >= 0.3 is 0 Å². The second-order valence-corrected chi connectivity index (χ2v) is 7.82. The zero-order valence-corrected chi connectivity index (χ0v) is 16.1. The first kappa shape index (κ1) is 18.7. The topological polar surface area (TPSA) is 51.2 Å². The van der Waals surface area contributed by atoms with Crippen molar-refractivity contribution in [1.29, 1.82) is 0 Å². The molecule has 3 saturated heterocycles. The Morgan fingerprint density at radius 1 is 1.15 bits per heavy atom. The molecule has 0 N–H and O–H groups in total. The lowest BCUT2D eigenvalue weighted by atomic mass is 9.78. The molecule has 0 saturated carbocycles. The fourth-order valence-corrected chi connectivity index (χ4v) is 4.58. The number of benzene rings is 1. The molecule has 3 aliphatic rings. The fourth-order valence-electron chi connectivity index (χ4n) is 4.58. The van der Waals surface area contributed by atoms with Crippen LogP contribution in [-0.4, -0.2) is 61.9 Å². The first-order chi connectivity index (χ1) is 13.2. The van der Waals surface area contributed by atoms with E-state index in [9.17, 15) is 4.79 Å². The van der Waals surface area contributed by atoms with Crippen molar-refractivity contribution in [3.05, 3.63) is 29.8 Å². The Kier molecular flexibility index (Phi) is 5.95. The molecule has 1 amide bonds. The molecule has 3 atom stereocenters. The Labute approximate surface area is 161 Å². The minimum atomic E-state index is 0.0144. The van der Waals surface area contributed by atoms with Crippen LogP contribution in [0.3, 0.4) is 0 Å². The van der Waals surface area contributed by atoms with Gasteiger partial charge in [0.2, 0.25) is 5.91 Å². The van der Waals surface area contributed by atoms with Crippen LogP contribution in [0, 0.1) is 11.8 Å². The summed E-state index contributed by atoms with van der Waals surface area (Å²) in [6, 6.07) is 8.25. The third-order valence-corrected chi connectivity index (χ3v) is 6.08. The van der Waals surface area contributed by atoms with Crippen LogP contribution in [0.4, 0.5) is 0 Å². The fraction of sp³-hybridized carbons (Fsp3) is 0.667. The van der Waals surface area contributed by atoms with E-state index in [0.717, 1.165) is 57.6 Å². The maximum Gasteiger partial charge on any atom is 0.249 e. The minimum absolute atomic E-state index is 0.0144. The number of nitrogens with zero attached hydrogens (tertiary/aromatic N) is 2. The molecular formula is C21H30N2O4. The number of hydrogen-bond donors (Lipinski definition) is 0. The van der Waals surface area contributed by atoms with Crippen molar-refractivity contribution in [2.24, 2.45) is 11.8 Å². The van der Waals surface area contributed by atoms with E-state index in [1.165, 1.54) is 5.56 Å². The molecule has 27 heavy (non-hydrogen) atoms.